The molecule has 1 aromatic rings. The standard InChI is InChI=1S/C10H10BrNO4/c1-2-16-10(13)8-5-3-4-7(6-8)9(11)12(14)15/h3-6,9H,2H2,1H3. The largest absolute Gasteiger partial charge is 0.462 e. The van der Waals surface area contributed by atoms with Crippen LogP contribution in [0.3, 0.4) is 0 Å². The molecule has 0 spiro atoms. The van der Waals surface area contributed by atoms with Crippen molar-refractivity contribution < 1.29 is 14.5 Å². The van der Waals surface area contributed by atoms with Gasteiger partial charge in [-0.05, 0) is 19.1 Å². The molecule has 0 aliphatic heterocycles. The van der Waals surface area contributed by atoms with Gasteiger partial charge in [-0.1, -0.05) is 12.1 Å². The van der Waals surface area contributed by atoms with E-state index < -0.39 is 15.8 Å². The summed E-state index contributed by atoms with van der Waals surface area (Å²) in [6, 6.07) is 6.16. The number of esters is 1. The van der Waals surface area contributed by atoms with Crippen molar-refractivity contribution in [1.29, 1.82) is 0 Å². The molecule has 0 saturated carbocycles. The van der Waals surface area contributed by atoms with Crippen molar-refractivity contribution in [3.8, 4) is 0 Å². The van der Waals surface area contributed by atoms with Gasteiger partial charge in [0.15, 0.2) is 0 Å². The zero-order valence-electron chi connectivity index (χ0n) is 8.55. The van der Waals surface area contributed by atoms with E-state index in [-0.39, 0.29) is 6.61 Å². The van der Waals surface area contributed by atoms with E-state index in [4.69, 9.17) is 4.74 Å². The average molecular weight is 288 g/mol. The third-order valence-electron chi connectivity index (χ3n) is 1.86. The molecule has 0 fully saturated rings. The van der Waals surface area contributed by atoms with Crippen LogP contribution in [0.4, 0.5) is 0 Å². The summed E-state index contributed by atoms with van der Waals surface area (Å²) in [6.45, 7) is 1.97. The highest BCUT2D eigenvalue weighted by Crippen LogP contribution is 2.23. The molecule has 0 aliphatic rings. The van der Waals surface area contributed by atoms with Gasteiger partial charge in [0.05, 0.1) is 12.2 Å². The highest BCUT2D eigenvalue weighted by Gasteiger charge is 2.19. The molecule has 0 N–H and O–H groups in total. The summed E-state index contributed by atoms with van der Waals surface area (Å²) in [5.41, 5.74) is 0.723. The van der Waals surface area contributed by atoms with Gasteiger partial charge < -0.3 is 4.74 Å². The van der Waals surface area contributed by atoms with Crippen molar-refractivity contribution in [3.63, 3.8) is 0 Å². The van der Waals surface area contributed by atoms with E-state index in [2.05, 4.69) is 15.9 Å². The maximum atomic E-state index is 11.4. The first-order valence-electron chi connectivity index (χ1n) is 4.61. The Morgan fingerprint density at radius 2 is 2.31 bits per heavy atom. The summed E-state index contributed by atoms with van der Waals surface area (Å²) < 4.78 is 4.80. The first-order valence-corrected chi connectivity index (χ1v) is 5.52. The lowest BCUT2D eigenvalue weighted by Gasteiger charge is -2.05. The predicted molar refractivity (Wildman–Crippen MR) is 61.1 cm³/mol. The zero-order chi connectivity index (χ0) is 12.1. The number of hydrogen-bond acceptors (Lipinski definition) is 4. The predicted octanol–water partition coefficient (Wildman–Crippen LogP) is 2.53. The van der Waals surface area contributed by atoms with Crippen molar-refractivity contribution >= 4 is 21.9 Å². The maximum Gasteiger partial charge on any atom is 0.338 e. The quantitative estimate of drug-likeness (QED) is 0.281. The highest BCUT2D eigenvalue weighted by molar-refractivity contribution is 9.09. The van der Waals surface area contributed by atoms with Crippen LogP contribution in [0.15, 0.2) is 24.3 Å². The third kappa shape index (κ3) is 3.03. The molecule has 0 bridgehead atoms. The van der Waals surface area contributed by atoms with Crippen molar-refractivity contribution in [2.75, 3.05) is 6.61 Å². The van der Waals surface area contributed by atoms with Gasteiger partial charge >= 0.3 is 5.97 Å². The van der Waals surface area contributed by atoms with Crippen LogP contribution in [0.5, 0.6) is 0 Å². The number of benzene rings is 1. The Hall–Kier alpha value is -1.43. The van der Waals surface area contributed by atoms with E-state index in [0.717, 1.165) is 0 Å². The van der Waals surface area contributed by atoms with Crippen molar-refractivity contribution in [3.05, 3.63) is 45.5 Å². The van der Waals surface area contributed by atoms with Gasteiger partial charge in [0.1, 0.15) is 0 Å². The van der Waals surface area contributed by atoms with Gasteiger partial charge in [0.25, 0.3) is 4.95 Å². The number of rotatable bonds is 4. The minimum Gasteiger partial charge on any atom is -0.462 e. The van der Waals surface area contributed by atoms with E-state index in [1.165, 1.54) is 6.07 Å². The minimum atomic E-state index is -1.01. The number of alkyl halides is 1. The SMILES string of the molecule is CCOC(=O)c1cccc(C(Br)[N+](=O)[O-])c1. The molecule has 0 heterocycles. The molecule has 86 valence electrons. The van der Waals surface area contributed by atoms with Gasteiger partial charge in [-0.3, -0.25) is 10.1 Å². The molecule has 0 aromatic heterocycles. The van der Waals surface area contributed by atoms with E-state index in [9.17, 15) is 14.9 Å². The van der Waals surface area contributed by atoms with Gasteiger partial charge in [0.2, 0.25) is 0 Å². The Bertz CT molecular complexity index is 408. The summed E-state index contributed by atoms with van der Waals surface area (Å²) >= 11 is 2.92. The van der Waals surface area contributed by atoms with E-state index in [1.54, 1.807) is 25.1 Å². The molecule has 16 heavy (non-hydrogen) atoms. The molecule has 1 unspecified atom stereocenters. The number of nitrogens with zero attached hydrogens (tertiary/aromatic N) is 1. The Morgan fingerprint density at radius 3 is 2.88 bits per heavy atom. The number of halogens is 1. The van der Waals surface area contributed by atoms with E-state index in [1.807, 2.05) is 0 Å². The molecule has 0 amide bonds. The van der Waals surface area contributed by atoms with Gasteiger partial charge in [-0.25, -0.2) is 4.79 Å². The Morgan fingerprint density at radius 1 is 1.62 bits per heavy atom. The van der Waals surface area contributed by atoms with Crippen LogP contribution < -0.4 is 0 Å². The fourth-order valence-corrected chi connectivity index (χ4v) is 1.43. The number of carbonyl (C=O) groups excluding carboxylic acids is 1. The summed E-state index contributed by atoms with van der Waals surface area (Å²) in [5, 5.41) is 10.5. The van der Waals surface area contributed by atoms with Crippen LogP contribution in [0, 0.1) is 10.1 Å². The van der Waals surface area contributed by atoms with Crippen LogP contribution in [-0.4, -0.2) is 17.5 Å². The molecule has 1 rings (SSSR count). The second kappa shape index (κ2) is 5.60. The second-order valence-corrected chi connectivity index (χ2v) is 3.83. The fourth-order valence-electron chi connectivity index (χ4n) is 1.15. The highest BCUT2D eigenvalue weighted by atomic mass is 79.9. The second-order valence-electron chi connectivity index (χ2n) is 2.97. The van der Waals surface area contributed by atoms with Gasteiger partial charge in [-0.15, -0.1) is 0 Å². The Labute approximate surface area is 101 Å². The van der Waals surface area contributed by atoms with E-state index >= 15 is 0 Å². The van der Waals surface area contributed by atoms with Crippen molar-refractivity contribution in [2.45, 2.75) is 11.9 Å². The first kappa shape index (κ1) is 12.6. The Balaban J connectivity index is 2.95. The molecular formula is C10H10BrNO4. The number of hydrogen-bond donors (Lipinski definition) is 0. The lowest BCUT2D eigenvalue weighted by atomic mass is 10.1. The molecule has 0 saturated heterocycles. The van der Waals surface area contributed by atoms with Gasteiger partial charge in [-0.2, -0.15) is 0 Å². The summed E-state index contributed by atoms with van der Waals surface area (Å²) in [7, 11) is 0. The van der Waals surface area contributed by atoms with Crippen LogP contribution in [0.2, 0.25) is 0 Å². The van der Waals surface area contributed by atoms with Crippen LogP contribution in [0.25, 0.3) is 0 Å². The molecule has 6 heteroatoms. The van der Waals surface area contributed by atoms with Crippen molar-refractivity contribution in [1.82, 2.24) is 0 Å². The molecule has 1 aromatic carbocycles. The molecule has 0 aliphatic carbocycles. The summed E-state index contributed by atoms with van der Waals surface area (Å²) in [6.07, 6.45) is 0. The van der Waals surface area contributed by atoms with E-state index in [0.29, 0.717) is 11.1 Å². The normalized spacial score (nSPS) is 11.9. The number of ether oxygens (including phenoxy) is 1. The monoisotopic (exact) mass is 287 g/mol. The van der Waals surface area contributed by atoms with Crippen LogP contribution >= 0.6 is 15.9 Å². The molecular weight excluding hydrogens is 278 g/mol. The lowest BCUT2D eigenvalue weighted by molar-refractivity contribution is -0.498. The third-order valence-corrected chi connectivity index (χ3v) is 2.72. The first-order chi connectivity index (χ1) is 7.56. The van der Waals surface area contributed by atoms with Crippen LogP contribution in [0.1, 0.15) is 27.8 Å². The molecule has 0 radical (unpaired) electrons. The maximum absolute atomic E-state index is 11.4. The van der Waals surface area contributed by atoms with Crippen molar-refractivity contribution in [2.24, 2.45) is 0 Å². The Kier molecular flexibility index (Phi) is 4.42. The zero-order valence-corrected chi connectivity index (χ0v) is 10.1. The molecule has 1 atom stereocenters. The average Bonchev–Trinajstić information content (AvgIpc) is 2.28. The number of nitro groups is 1. The smallest absolute Gasteiger partial charge is 0.338 e. The summed E-state index contributed by atoms with van der Waals surface area (Å²) in [4.78, 5) is 20.4. The fraction of sp³-hybridized carbons (Fsp3) is 0.300. The topological polar surface area (TPSA) is 69.4 Å². The number of carbonyl (C=O) groups is 1. The summed E-state index contributed by atoms with van der Waals surface area (Å²) in [5.74, 6) is -0.479. The van der Waals surface area contributed by atoms with Crippen LogP contribution in [-0.2, 0) is 4.74 Å². The lowest BCUT2D eigenvalue weighted by Crippen LogP contribution is -2.07. The van der Waals surface area contributed by atoms with Gasteiger partial charge in [0, 0.05) is 26.4 Å². The minimum absolute atomic E-state index is 0.274. The molecule has 5 nitrogen and oxygen atoms in total.